The van der Waals surface area contributed by atoms with E-state index in [9.17, 15) is 19.2 Å². The minimum atomic E-state index is -1.52. The van der Waals surface area contributed by atoms with Gasteiger partial charge in [-0.15, -0.1) is 0 Å². The van der Waals surface area contributed by atoms with Gasteiger partial charge in [-0.3, -0.25) is 23.9 Å². The van der Waals surface area contributed by atoms with E-state index in [-0.39, 0.29) is 48.5 Å². The first kappa shape index (κ1) is 48.8. The molecule has 0 radical (unpaired) electrons. The number of ether oxygens (including phenoxy) is 1. The van der Waals surface area contributed by atoms with Crippen LogP contribution in [-0.4, -0.2) is 63.4 Å². The van der Waals surface area contributed by atoms with Gasteiger partial charge in [-0.25, -0.2) is 9.46 Å². The van der Waals surface area contributed by atoms with E-state index >= 15 is 0 Å². The highest BCUT2D eigenvalue weighted by molar-refractivity contribution is 7.44. The molecule has 1 aromatic heterocycles. The van der Waals surface area contributed by atoms with Gasteiger partial charge in [-0.2, -0.15) is 5.26 Å². The standard InChI is InChI=1S/C49H78N5O7P/c1-9-42-43(61-62(59-29-13-27-50)54(32(2)3)33(4)5)30-45(60-42)53-31-35(46(57)52-47(53)58)17-23-44(56)51-28-12-15-37(55)19-16-34(6)39-21-22-40-38-20-18-36-14-10-11-25-48(36,7)41(38)24-26-49(39,40)8/h17,23,31-34,36,38-43,45H,9-16,18-22,24-26,28-30H2,1-8H3,(H,51,56)(H,52,57,58)/b23-17+/t34?,36?,38?,39?,40?,41?,42-,43+,45-,48?,49?,62?/m1/s1. The molecule has 2 heterocycles. The maximum absolute atomic E-state index is 13.1. The number of nitriles is 1. The summed E-state index contributed by atoms with van der Waals surface area (Å²) in [6.45, 7) is 18.5. The van der Waals surface area contributed by atoms with Crippen LogP contribution in [0.1, 0.15) is 176 Å². The number of amides is 1. The van der Waals surface area contributed by atoms with Crippen LogP contribution in [0, 0.1) is 57.7 Å². The van der Waals surface area contributed by atoms with Crippen molar-refractivity contribution >= 4 is 26.3 Å². The predicted octanol–water partition coefficient (Wildman–Crippen LogP) is 9.84. The number of hydrogen-bond donors (Lipinski definition) is 2. The van der Waals surface area contributed by atoms with E-state index in [2.05, 4.69) is 69.5 Å². The number of ketones is 1. The molecule has 4 saturated carbocycles. The summed E-state index contributed by atoms with van der Waals surface area (Å²) in [6, 6.07) is 2.38. The van der Waals surface area contributed by atoms with E-state index in [0.29, 0.717) is 61.3 Å². The number of carbonyl (C=O) groups excluding carboxylic acids is 2. The lowest BCUT2D eigenvalue weighted by Gasteiger charge is -2.61. The maximum Gasteiger partial charge on any atom is 0.330 e. The SMILES string of the molecule is CC[C@H]1O[C@@H](n2cc(/C=C/C(=O)NCCCC(=O)CCC(C)C3CCC4C5CCC6CCCCC6(C)C5CCC34C)c(=O)[nH]c2=O)C[C@@H]1OP(OCCC#N)N(C(C)C)C(C)C. The molecule has 1 aromatic rings. The maximum atomic E-state index is 13.1. The van der Waals surface area contributed by atoms with E-state index < -0.39 is 32.1 Å². The van der Waals surface area contributed by atoms with Crippen LogP contribution in [0.3, 0.4) is 0 Å². The van der Waals surface area contributed by atoms with Gasteiger partial charge in [0.2, 0.25) is 5.91 Å². The third-order valence-electron chi connectivity index (χ3n) is 16.3. The van der Waals surface area contributed by atoms with Crippen LogP contribution >= 0.6 is 8.53 Å². The number of aromatic nitrogens is 2. The van der Waals surface area contributed by atoms with E-state index in [0.717, 1.165) is 30.1 Å². The summed E-state index contributed by atoms with van der Waals surface area (Å²) in [4.78, 5) is 54.1. The lowest BCUT2D eigenvalue weighted by atomic mass is 9.44. The quantitative estimate of drug-likeness (QED) is 0.0740. The van der Waals surface area contributed by atoms with Crippen molar-refractivity contribution in [3.8, 4) is 6.07 Å². The van der Waals surface area contributed by atoms with Gasteiger partial charge in [-0.1, -0.05) is 40.5 Å². The van der Waals surface area contributed by atoms with Gasteiger partial charge in [-0.05, 0) is 151 Å². The average molecular weight is 880 g/mol. The molecule has 2 N–H and O–H groups in total. The van der Waals surface area contributed by atoms with E-state index in [1.54, 1.807) is 0 Å². The number of nitrogens with zero attached hydrogens (tertiary/aromatic N) is 3. The number of nitrogens with one attached hydrogen (secondary N) is 2. The summed E-state index contributed by atoms with van der Waals surface area (Å²) >= 11 is 0. The second-order valence-corrected chi connectivity index (χ2v) is 22.0. The summed E-state index contributed by atoms with van der Waals surface area (Å²) < 4.78 is 22.5. The Hall–Kier alpha value is -2.68. The van der Waals surface area contributed by atoms with Crippen LogP contribution in [0.4, 0.5) is 0 Å². The van der Waals surface area contributed by atoms with Gasteiger partial charge >= 0.3 is 5.69 Å². The Bertz CT molecular complexity index is 1870. The Morgan fingerprint density at radius 1 is 1.03 bits per heavy atom. The molecular formula is C49H78N5O7P. The highest BCUT2D eigenvalue weighted by Crippen LogP contribution is 2.68. The first-order chi connectivity index (χ1) is 29.6. The molecule has 9 unspecified atom stereocenters. The molecule has 0 aromatic carbocycles. The first-order valence-electron chi connectivity index (χ1n) is 24.3. The zero-order valence-electron chi connectivity index (χ0n) is 39.2. The third kappa shape index (κ3) is 10.9. The van der Waals surface area contributed by atoms with Gasteiger partial charge in [0.1, 0.15) is 12.0 Å². The van der Waals surface area contributed by atoms with E-state index in [1.807, 2.05) is 6.92 Å². The molecule has 5 aliphatic rings. The number of hydrogen-bond acceptors (Lipinski definition) is 9. The van der Waals surface area contributed by atoms with Crippen molar-refractivity contribution in [2.75, 3.05) is 13.2 Å². The zero-order chi connectivity index (χ0) is 44.8. The molecule has 1 saturated heterocycles. The van der Waals surface area contributed by atoms with Crippen LogP contribution in [0.15, 0.2) is 21.9 Å². The molecule has 6 rings (SSSR count). The normalized spacial score (nSPS) is 33.0. The molecule has 1 aliphatic heterocycles. The molecule has 13 heteroatoms. The highest BCUT2D eigenvalue weighted by Gasteiger charge is 2.60. The van der Waals surface area contributed by atoms with Crippen molar-refractivity contribution in [2.24, 2.45) is 46.3 Å². The Labute approximate surface area is 372 Å². The molecule has 346 valence electrons. The van der Waals surface area contributed by atoms with Crippen molar-refractivity contribution < 1.29 is 23.4 Å². The van der Waals surface area contributed by atoms with Gasteiger partial charge in [0.15, 0.2) is 0 Å². The predicted molar refractivity (Wildman–Crippen MR) is 245 cm³/mol. The molecule has 12 nitrogen and oxygen atoms in total. The zero-order valence-corrected chi connectivity index (χ0v) is 40.1. The van der Waals surface area contributed by atoms with Crippen molar-refractivity contribution in [1.82, 2.24) is 19.5 Å². The monoisotopic (exact) mass is 880 g/mol. The Morgan fingerprint density at radius 3 is 2.52 bits per heavy atom. The van der Waals surface area contributed by atoms with Crippen LogP contribution < -0.4 is 16.6 Å². The second-order valence-electron chi connectivity index (χ2n) is 20.6. The first-order valence-corrected chi connectivity index (χ1v) is 25.5. The smallest absolute Gasteiger partial charge is 0.330 e. The molecule has 62 heavy (non-hydrogen) atoms. The summed E-state index contributed by atoms with van der Waals surface area (Å²) in [5.74, 6) is 4.74. The number of fused-ring (bicyclic) bond motifs is 5. The summed E-state index contributed by atoms with van der Waals surface area (Å²) in [5, 5.41) is 11.9. The summed E-state index contributed by atoms with van der Waals surface area (Å²) in [5.41, 5.74) is -0.110. The molecule has 0 spiro atoms. The van der Waals surface area contributed by atoms with Gasteiger partial charge in [0, 0.05) is 50.2 Å². The van der Waals surface area contributed by atoms with Crippen molar-refractivity contribution in [3.05, 3.63) is 38.7 Å². The van der Waals surface area contributed by atoms with Gasteiger partial charge in [0.05, 0.1) is 36.9 Å². The lowest BCUT2D eigenvalue weighted by molar-refractivity contribution is -0.121. The minimum absolute atomic E-state index is 0.129. The topological polar surface area (TPSA) is 156 Å². The minimum Gasteiger partial charge on any atom is -0.353 e. The summed E-state index contributed by atoms with van der Waals surface area (Å²) in [7, 11) is -1.52. The molecule has 4 aliphatic carbocycles. The second kappa shape index (κ2) is 21.5. The third-order valence-corrected chi connectivity index (χ3v) is 18.5. The number of carbonyl (C=O) groups is 2. The average Bonchev–Trinajstić information content (AvgIpc) is 3.81. The lowest BCUT2D eigenvalue weighted by Crippen LogP contribution is -2.53. The highest BCUT2D eigenvalue weighted by atomic mass is 31.2. The number of aromatic amines is 1. The number of H-pyrrole nitrogens is 1. The van der Waals surface area contributed by atoms with Crippen molar-refractivity contribution in [1.29, 1.82) is 5.26 Å². The molecule has 1 amide bonds. The Balaban J connectivity index is 0.954. The van der Waals surface area contributed by atoms with Crippen molar-refractivity contribution in [3.63, 3.8) is 0 Å². The van der Waals surface area contributed by atoms with E-state index in [1.165, 1.54) is 87.1 Å². The number of rotatable bonds is 20. The fourth-order valence-electron chi connectivity index (χ4n) is 13.3. The van der Waals surface area contributed by atoms with Crippen molar-refractivity contribution in [2.45, 2.75) is 195 Å². The van der Waals surface area contributed by atoms with Crippen LogP contribution in [0.2, 0.25) is 0 Å². The number of Topliss-reactive ketones (excluding diaryl/α,β-unsaturated/α-hetero) is 1. The van der Waals surface area contributed by atoms with Gasteiger partial charge in [0.25, 0.3) is 14.1 Å². The molecular weight excluding hydrogens is 802 g/mol. The molecule has 0 bridgehead atoms. The fourth-order valence-corrected chi connectivity index (χ4v) is 15.1. The Kier molecular flexibility index (Phi) is 16.9. The van der Waals surface area contributed by atoms with Crippen LogP contribution in [0.5, 0.6) is 0 Å². The molecule has 5 fully saturated rings. The van der Waals surface area contributed by atoms with E-state index in [4.69, 9.17) is 19.0 Å². The van der Waals surface area contributed by atoms with Crippen LogP contribution in [-0.2, 0) is 23.4 Å². The van der Waals surface area contributed by atoms with Crippen LogP contribution in [0.25, 0.3) is 6.08 Å². The van der Waals surface area contributed by atoms with Gasteiger partial charge < -0.3 is 19.1 Å². The Morgan fingerprint density at radius 2 is 1.79 bits per heavy atom. The summed E-state index contributed by atoms with van der Waals surface area (Å²) in [6.07, 6.45) is 20.5. The molecule has 12 atom stereocenters. The largest absolute Gasteiger partial charge is 0.353 e. The fraction of sp³-hybridized carbons (Fsp3) is 0.816.